The van der Waals surface area contributed by atoms with E-state index in [1.54, 1.807) is 0 Å². The Morgan fingerprint density at radius 3 is 2.94 bits per heavy atom. The zero-order chi connectivity index (χ0) is 12.5. The number of aromatic nitrogens is 2. The van der Waals surface area contributed by atoms with Crippen LogP contribution in [0.5, 0.6) is 0 Å². The van der Waals surface area contributed by atoms with Crippen molar-refractivity contribution in [1.82, 2.24) is 20.0 Å². The Bertz CT molecular complexity index is 396. The van der Waals surface area contributed by atoms with Crippen molar-refractivity contribution in [3.05, 3.63) is 18.0 Å². The van der Waals surface area contributed by atoms with Crippen molar-refractivity contribution >= 4 is 0 Å². The average Bonchev–Trinajstić information content (AvgIpc) is 3.01. The number of rotatable bonds is 5. The highest BCUT2D eigenvalue weighted by Gasteiger charge is 2.38. The van der Waals surface area contributed by atoms with E-state index in [9.17, 15) is 0 Å². The van der Waals surface area contributed by atoms with Gasteiger partial charge < -0.3 is 5.32 Å². The highest BCUT2D eigenvalue weighted by Crippen LogP contribution is 2.33. The Kier molecular flexibility index (Phi) is 3.39. The average molecular weight is 248 g/mol. The van der Waals surface area contributed by atoms with Crippen LogP contribution in [0, 0.1) is 0 Å². The van der Waals surface area contributed by atoms with E-state index < -0.39 is 0 Å². The van der Waals surface area contributed by atoms with E-state index in [1.165, 1.54) is 31.5 Å². The summed E-state index contributed by atoms with van der Waals surface area (Å²) in [5.74, 6) is 0. The summed E-state index contributed by atoms with van der Waals surface area (Å²) < 4.78 is 1.97. The number of aryl methyl sites for hydroxylation is 1. The van der Waals surface area contributed by atoms with Crippen molar-refractivity contribution in [2.24, 2.45) is 7.05 Å². The Hall–Kier alpha value is -0.870. The molecule has 3 rings (SSSR count). The van der Waals surface area contributed by atoms with Gasteiger partial charge in [0.1, 0.15) is 0 Å². The zero-order valence-electron chi connectivity index (χ0n) is 11.5. The molecule has 1 saturated heterocycles. The van der Waals surface area contributed by atoms with Crippen LogP contribution in [0.25, 0.3) is 0 Å². The quantitative estimate of drug-likeness (QED) is 0.849. The van der Waals surface area contributed by atoms with Gasteiger partial charge in [0.25, 0.3) is 0 Å². The second-order valence-electron chi connectivity index (χ2n) is 5.86. The lowest BCUT2D eigenvalue weighted by atomic mass is 10.2. The van der Waals surface area contributed by atoms with E-state index in [-0.39, 0.29) is 0 Å². The Morgan fingerprint density at radius 1 is 1.44 bits per heavy atom. The Balaban J connectivity index is 1.43. The SMILES string of the molecule is CC1CC(NCCc2ccnn2C)CN1C1CC1. The van der Waals surface area contributed by atoms with Gasteiger partial charge in [0.2, 0.25) is 0 Å². The molecule has 2 fully saturated rings. The van der Waals surface area contributed by atoms with E-state index in [0.29, 0.717) is 6.04 Å². The molecule has 1 aromatic rings. The van der Waals surface area contributed by atoms with Crippen molar-refractivity contribution in [2.45, 2.75) is 50.7 Å². The molecule has 0 aromatic carbocycles. The lowest BCUT2D eigenvalue weighted by Gasteiger charge is -2.19. The van der Waals surface area contributed by atoms with E-state index in [0.717, 1.165) is 25.0 Å². The van der Waals surface area contributed by atoms with Crippen molar-refractivity contribution in [2.75, 3.05) is 13.1 Å². The first-order valence-corrected chi connectivity index (χ1v) is 7.20. The number of likely N-dealkylation sites (tertiary alicyclic amines) is 1. The molecule has 2 heterocycles. The predicted molar refractivity (Wildman–Crippen MR) is 72.5 cm³/mol. The van der Waals surface area contributed by atoms with E-state index in [2.05, 4.69) is 28.3 Å². The lowest BCUT2D eigenvalue weighted by molar-refractivity contribution is 0.255. The third-order valence-corrected chi connectivity index (χ3v) is 4.38. The molecule has 18 heavy (non-hydrogen) atoms. The summed E-state index contributed by atoms with van der Waals surface area (Å²) in [4.78, 5) is 2.70. The largest absolute Gasteiger partial charge is 0.312 e. The molecule has 2 unspecified atom stereocenters. The van der Waals surface area contributed by atoms with Gasteiger partial charge in [0.05, 0.1) is 0 Å². The van der Waals surface area contributed by atoms with Crippen LogP contribution < -0.4 is 5.32 Å². The minimum Gasteiger partial charge on any atom is -0.312 e. The van der Waals surface area contributed by atoms with Gasteiger partial charge in [-0.2, -0.15) is 5.10 Å². The molecular weight excluding hydrogens is 224 g/mol. The molecule has 2 aliphatic rings. The molecule has 1 saturated carbocycles. The monoisotopic (exact) mass is 248 g/mol. The lowest BCUT2D eigenvalue weighted by Crippen LogP contribution is -2.35. The summed E-state index contributed by atoms with van der Waals surface area (Å²) in [6.07, 6.45) is 7.10. The van der Waals surface area contributed by atoms with Gasteiger partial charge in [0.15, 0.2) is 0 Å². The van der Waals surface area contributed by atoms with Crippen LogP contribution in [0.4, 0.5) is 0 Å². The first-order chi connectivity index (χ1) is 8.74. The van der Waals surface area contributed by atoms with Crippen LogP contribution in [-0.2, 0) is 13.5 Å². The van der Waals surface area contributed by atoms with Crippen molar-refractivity contribution < 1.29 is 0 Å². The van der Waals surface area contributed by atoms with Gasteiger partial charge >= 0.3 is 0 Å². The first-order valence-electron chi connectivity index (χ1n) is 7.20. The molecule has 4 nitrogen and oxygen atoms in total. The topological polar surface area (TPSA) is 33.1 Å². The highest BCUT2D eigenvalue weighted by molar-refractivity contribution is 5.01. The van der Waals surface area contributed by atoms with Crippen LogP contribution in [0.3, 0.4) is 0 Å². The molecule has 100 valence electrons. The summed E-state index contributed by atoms with van der Waals surface area (Å²) in [7, 11) is 2.02. The minimum atomic E-state index is 0.689. The van der Waals surface area contributed by atoms with Gasteiger partial charge in [-0.3, -0.25) is 9.58 Å². The molecule has 1 aliphatic carbocycles. The van der Waals surface area contributed by atoms with Crippen LogP contribution in [0.15, 0.2) is 12.3 Å². The summed E-state index contributed by atoms with van der Waals surface area (Å²) in [6.45, 7) is 4.69. The van der Waals surface area contributed by atoms with Crippen LogP contribution >= 0.6 is 0 Å². The highest BCUT2D eigenvalue weighted by atomic mass is 15.3. The molecular formula is C14H24N4. The standard InChI is InChI=1S/C14H24N4/c1-11-9-12(10-18(11)14-3-4-14)15-7-5-13-6-8-16-17(13)2/h6,8,11-12,14-15H,3-5,7,9-10H2,1-2H3. The fraction of sp³-hybridized carbons (Fsp3) is 0.786. The fourth-order valence-corrected chi connectivity index (χ4v) is 3.17. The molecule has 0 bridgehead atoms. The molecule has 1 N–H and O–H groups in total. The third kappa shape index (κ3) is 2.59. The molecule has 4 heteroatoms. The van der Waals surface area contributed by atoms with Crippen molar-refractivity contribution in [1.29, 1.82) is 0 Å². The second-order valence-corrected chi connectivity index (χ2v) is 5.86. The normalized spacial score (nSPS) is 29.0. The Labute approximate surface area is 109 Å². The first kappa shape index (κ1) is 12.2. The van der Waals surface area contributed by atoms with Crippen molar-refractivity contribution in [3.8, 4) is 0 Å². The number of hydrogen-bond acceptors (Lipinski definition) is 3. The summed E-state index contributed by atoms with van der Waals surface area (Å²) in [5, 5.41) is 7.91. The Morgan fingerprint density at radius 2 is 2.28 bits per heavy atom. The maximum atomic E-state index is 4.20. The summed E-state index contributed by atoms with van der Waals surface area (Å²) >= 11 is 0. The molecule has 0 spiro atoms. The molecule has 1 aliphatic heterocycles. The maximum Gasteiger partial charge on any atom is 0.0492 e. The van der Waals surface area contributed by atoms with E-state index >= 15 is 0 Å². The van der Waals surface area contributed by atoms with Gasteiger partial charge in [-0.25, -0.2) is 0 Å². The molecule has 0 radical (unpaired) electrons. The van der Waals surface area contributed by atoms with Gasteiger partial charge in [-0.1, -0.05) is 0 Å². The van der Waals surface area contributed by atoms with Gasteiger partial charge in [-0.05, 0) is 32.3 Å². The van der Waals surface area contributed by atoms with Crippen LogP contribution in [0.1, 0.15) is 31.9 Å². The number of nitrogens with zero attached hydrogens (tertiary/aromatic N) is 3. The summed E-state index contributed by atoms with van der Waals surface area (Å²) in [6, 6.07) is 4.47. The summed E-state index contributed by atoms with van der Waals surface area (Å²) in [5.41, 5.74) is 1.31. The third-order valence-electron chi connectivity index (χ3n) is 4.38. The smallest absolute Gasteiger partial charge is 0.0492 e. The van der Waals surface area contributed by atoms with Gasteiger partial charge in [-0.15, -0.1) is 0 Å². The van der Waals surface area contributed by atoms with Crippen LogP contribution in [-0.4, -0.2) is 45.9 Å². The second kappa shape index (κ2) is 5.02. The van der Waals surface area contributed by atoms with Gasteiger partial charge in [0, 0.05) is 56.6 Å². The maximum absolute atomic E-state index is 4.20. The van der Waals surface area contributed by atoms with Crippen molar-refractivity contribution in [3.63, 3.8) is 0 Å². The van der Waals surface area contributed by atoms with Crippen LogP contribution in [0.2, 0.25) is 0 Å². The minimum absolute atomic E-state index is 0.689. The zero-order valence-corrected chi connectivity index (χ0v) is 11.5. The molecule has 0 amide bonds. The number of hydrogen-bond donors (Lipinski definition) is 1. The fourth-order valence-electron chi connectivity index (χ4n) is 3.17. The van der Waals surface area contributed by atoms with E-state index in [4.69, 9.17) is 0 Å². The molecule has 1 aromatic heterocycles. The molecule has 2 atom stereocenters. The predicted octanol–water partition coefficient (Wildman–Crippen LogP) is 1.18. The number of nitrogens with one attached hydrogen (secondary N) is 1. The van der Waals surface area contributed by atoms with E-state index in [1.807, 2.05) is 17.9 Å².